The van der Waals surface area contributed by atoms with Crippen molar-refractivity contribution in [3.63, 3.8) is 0 Å². The van der Waals surface area contributed by atoms with Crippen molar-refractivity contribution >= 4 is 0 Å². The van der Waals surface area contributed by atoms with Crippen LogP contribution in [-0.2, 0) is 0 Å². The maximum atomic E-state index is 5.25. The van der Waals surface area contributed by atoms with Crippen molar-refractivity contribution in [2.24, 2.45) is 0 Å². The van der Waals surface area contributed by atoms with E-state index in [1.807, 2.05) is 7.05 Å². The predicted molar refractivity (Wildman–Crippen MR) is 52.0 cm³/mol. The molecule has 0 aromatic carbocycles. The van der Waals surface area contributed by atoms with Crippen molar-refractivity contribution in [1.29, 1.82) is 0 Å². The van der Waals surface area contributed by atoms with E-state index in [0.717, 1.165) is 19.6 Å². The monoisotopic (exact) mass is 166 g/mol. The van der Waals surface area contributed by atoms with Gasteiger partial charge in [0, 0.05) is 18.6 Å². The first-order valence-electron chi connectivity index (χ1n) is 4.55. The molecule has 0 atom stereocenters. The van der Waals surface area contributed by atoms with Gasteiger partial charge in [0.05, 0.1) is 6.54 Å². The number of nitrogens with one attached hydrogen (secondary N) is 1. The molecule has 1 N–H and O–H groups in total. The molecule has 0 radical (unpaired) electrons. The van der Waals surface area contributed by atoms with Crippen LogP contribution >= 0.6 is 0 Å². The summed E-state index contributed by atoms with van der Waals surface area (Å²) in [6.07, 6.45) is 7.65. The van der Waals surface area contributed by atoms with Gasteiger partial charge in [0.25, 0.3) is 0 Å². The Morgan fingerprint density at radius 2 is 2.08 bits per heavy atom. The van der Waals surface area contributed by atoms with Gasteiger partial charge < -0.3 is 5.32 Å². The van der Waals surface area contributed by atoms with E-state index < -0.39 is 0 Å². The molecular weight excluding hydrogens is 148 g/mol. The molecule has 2 heteroatoms. The van der Waals surface area contributed by atoms with Gasteiger partial charge in [-0.3, -0.25) is 4.90 Å². The fourth-order valence-electron chi connectivity index (χ4n) is 1.58. The Labute approximate surface area is 75.3 Å². The van der Waals surface area contributed by atoms with E-state index in [1.54, 1.807) is 0 Å². The molecule has 12 heavy (non-hydrogen) atoms. The molecule has 1 fully saturated rings. The van der Waals surface area contributed by atoms with Crippen LogP contribution in [0.5, 0.6) is 0 Å². The third-order valence-electron chi connectivity index (χ3n) is 2.88. The Morgan fingerprint density at radius 3 is 2.50 bits per heavy atom. The van der Waals surface area contributed by atoms with E-state index in [0.29, 0.717) is 5.54 Å². The molecule has 0 amide bonds. The second-order valence-corrected chi connectivity index (χ2v) is 3.79. The zero-order chi connectivity index (χ0) is 9.03. The molecule has 1 aliphatic heterocycles. The van der Waals surface area contributed by atoms with Gasteiger partial charge in [0.2, 0.25) is 0 Å². The van der Waals surface area contributed by atoms with E-state index >= 15 is 0 Å². The van der Waals surface area contributed by atoms with Gasteiger partial charge in [-0.2, -0.15) is 0 Å². The van der Waals surface area contributed by atoms with Gasteiger partial charge >= 0.3 is 0 Å². The van der Waals surface area contributed by atoms with Crippen LogP contribution in [0.3, 0.4) is 0 Å². The zero-order valence-electron chi connectivity index (χ0n) is 8.06. The quantitative estimate of drug-likeness (QED) is 0.607. The maximum absolute atomic E-state index is 5.25. The number of terminal acetylenes is 1. The summed E-state index contributed by atoms with van der Waals surface area (Å²) in [6.45, 7) is 5.34. The van der Waals surface area contributed by atoms with E-state index in [4.69, 9.17) is 6.42 Å². The summed E-state index contributed by atoms with van der Waals surface area (Å²) >= 11 is 0. The molecule has 1 rings (SSSR count). The number of rotatable bonds is 2. The molecule has 0 aromatic rings. The molecule has 0 saturated carbocycles. The molecule has 0 bridgehead atoms. The molecule has 1 heterocycles. The molecule has 0 aliphatic carbocycles. The largest absolute Gasteiger partial charge is 0.314 e. The highest BCUT2D eigenvalue weighted by molar-refractivity contribution is 4.93. The van der Waals surface area contributed by atoms with Crippen LogP contribution in [0.25, 0.3) is 0 Å². The average molecular weight is 166 g/mol. The molecule has 1 aliphatic rings. The van der Waals surface area contributed by atoms with E-state index in [9.17, 15) is 0 Å². The van der Waals surface area contributed by atoms with Crippen LogP contribution in [0, 0.1) is 12.3 Å². The van der Waals surface area contributed by atoms with Gasteiger partial charge in [-0.05, 0) is 26.8 Å². The lowest BCUT2D eigenvalue weighted by Crippen LogP contribution is -2.49. The second-order valence-electron chi connectivity index (χ2n) is 3.79. The Morgan fingerprint density at radius 1 is 1.50 bits per heavy atom. The van der Waals surface area contributed by atoms with Crippen LogP contribution in [0.4, 0.5) is 0 Å². The number of likely N-dealkylation sites (tertiary alicyclic amines) is 1. The summed E-state index contributed by atoms with van der Waals surface area (Å²) in [5.41, 5.74) is 0.338. The first-order valence-corrected chi connectivity index (χ1v) is 4.55. The highest BCUT2D eigenvalue weighted by Crippen LogP contribution is 2.20. The number of nitrogens with zero attached hydrogens (tertiary/aromatic N) is 1. The summed E-state index contributed by atoms with van der Waals surface area (Å²) < 4.78 is 0. The first-order chi connectivity index (χ1) is 5.70. The van der Waals surface area contributed by atoms with Crippen LogP contribution in [0.2, 0.25) is 0 Å². The predicted octanol–water partition coefficient (Wildman–Crippen LogP) is 0.694. The summed E-state index contributed by atoms with van der Waals surface area (Å²) in [4.78, 5) is 2.33. The Kier molecular flexibility index (Phi) is 3.13. The topological polar surface area (TPSA) is 15.3 Å². The third kappa shape index (κ3) is 2.23. The lowest BCUT2D eigenvalue weighted by atomic mass is 9.90. The van der Waals surface area contributed by atoms with E-state index in [2.05, 4.69) is 23.1 Å². The fourth-order valence-corrected chi connectivity index (χ4v) is 1.58. The van der Waals surface area contributed by atoms with Gasteiger partial charge in [0.1, 0.15) is 0 Å². The fraction of sp³-hybridized carbons (Fsp3) is 0.800. The minimum absolute atomic E-state index is 0.338. The molecule has 0 unspecified atom stereocenters. The van der Waals surface area contributed by atoms with Crippen LogP contribution in [0.1, 0.15) is 19.8 Å². The molecule has 1 saturated heterocycles. The molecular formula is C10H18N2. The number of hydrogen-bond acceptors (Lipinski definition) is 2. The summed E-state index contributed by atoms with van der Waals surface area (Å²) in [5.74, 6) is 2.69. The van der Waals surface area contributed by atoms with E-state index in [-0.39, 0.29) is 0 Å². The minimum atomic E-state index is 0.338. The van der Waals surface area contributed by atoms with Crippen molar-refractivity contribution in [3.8, 4) is 12.3 Å². The maximum Gasteiger partial charge on any atom is 0.0598 e. The van der Waals surface area contributed by atoms with E-state index in [1.165, 1.54) is 12.8 Å². The molecule has 68 valence electrons. The summed E-state index contributed by atoms with van der Waals surface area (Å²) in [6, 6.07) is 0. The number of piperidine rings is 1. The number of hydrogen-bond donors (Lipinski definition) is 1. The first kappa shape index (κ1) is 9.57. The Balaban J connectivity index is 2.35. The van der Waals surface area contributed by atoms with Crippen molar-refractivity contribution in [3.05, 3.63) is 0 Å². The SMILES string of the molecule is C#CCN1CCC(C)(NC)CC1. The van der Waals surface area contributed by atoms with Crippen molar-refractivity contribution < 1.29 is 0 Å². The normalized spacial score (nSPS) is 23.4. The smallest absolute Gasteiger partial charge is 0.0598 e. The lowest BCUT2D eigenvalue weighted by Gasteiger charge is -2.38. The standard InChI is InChI=1S/C10H18N2/c1-4-7-12-8-5-10(2,11-3)6-9-12/h1,11H,5-9H2,2-3H3. The highest BCUT2D eigenvalue weighted by atomic mass is 15.1. The Bertz CT molecular complexity index is 173. The molecule has 0 spiro atoms. The van der Waals surface area contributed by atoms with Crippen LogP contribution < -0.4 is 5.32 Å². The molecule has 0 aromatic heterocycles. The van der Waals surface area contributed by atoms with Crippen molar-refractivity contribution in [2.75, 3.05) is 26.7 Å². The third-order valence-corrected chi connectivity index (χ3v) is 2.88. The van der Waals surface area contributed by atoms with Gasteiger partial charge in [-0.1, -0.05) is 5.92 Å². The highest BCUT2D eigenvalue weighted by Gasteiger charge is 2.27. The van der Waals surface area contributed by atoms with Gasteiger partial charge in [-0.15, -0.1) is 6.42 Å². The van der Waals surface area contributed by atoms with Crippen molar-refractivity contribution in [2.45, 2.75) is 25.3 Å². The minimum Gasteiger partial charge on any atom is -0.314 e. The van der Waals surface area contributed by atoms with Gasteiger partial charge in [-0.25, -0.2) is 0 Å². The lowest BCUT2D eigenvalue weighted by molar-refractivity contribution is 0.166. The van der Waals surface area contributed by atoms with Crippen molar-refractivity contribution in [1.82, 2.24) is 10.2 Å². The average Bonchev–Trinajstić information content (AvgIpc) is 2.10. The summed E-state index contributed by atoms with van der Waals surface area (Å²) in [7, 11) is 2.04. The zero-order valence-corrected chi connectivity index (χ0v) is 8.06. The Hall–Kier alpha value is -0.520. The van der Waals surface area contributed by atoms with Crippen LogP contribution in [-0.4, -0.2) is 37.1 Å². The van der Waals surface area contributed by atoms with Crippen LogP contribution in [0.15, 0.2) is 0 Å². The van der Waals surface area contributed by atoms with Gasteiger partial charge in [0.15, 0.2) is 0 Å². The molecule has 2 nitrogen and oxygen atoms in total. The second kappa shape index (κ2) is 3.93. The summed E-state index contributed by atoms with van der Waals surface area (Å²) in [5, 5.41) is 3.36.